The summed E-state index contributed by atoms with van der Waals surface area (Å²) in [5.74, 6) is 0.723. The Morgan fingerprint density at radius 2 is 1.32 bits per heavy atom. The number of aromatic nitrogens is 4. The molecule has 0 bridgehead atoms. The fourth-order valence-corrected chi connectivity index (χ4v) is 5.60. The van der Waals surface area contributed by atoms with E-state index in [2.05, 4.69) is 43.8 Å². The number of halogens is 3. The number of fused-ring (bicyclic) bond motifs is 3. The van der Waals surface area contributed by atoms with Gasteiger partial charge in [-0.1, -0.05) is 84.6 Å². The Bertz CT molecular complexity index is 1670. The van der Waals surface area contributed by atoms with E-state index in [0.717, 1.165) is 27.5 Å². The molecule has 9 heteroatoms. The van der Waals surface area contributed by atoms with Gasteiger partial charge in [-0.2, -0.15) is 0 Å². The number of hydrogen-bond donors (Lipinski definition) is 0. The van der Waals surface area contributed by atoms with E-state index in [-0.39, 0.29) is 11.5 Å². The van der Waals surface area contributed by atoms with Crippen molar-refractivity contribution in [1.29, 1.82) is 0 Å². The van der Waals surface area contributed by atoms with Gasteiger partial charge >= 0.3 is 6.36 Å². The van der Waals surface area contributed by atoms with Crippen LogP contribution in [0.3, 0.4) is 0 Å². The van der Waals surface area contributed by atoms with Crippen molar-refractivity contribution >= 4 is 33.6 Å². The Morgan fingerprint density at radius 1 is 0.711 bits per heavy atom. The molecule has 6 aromatic rings. The van der Waals surface area contributed by atoms with E-state index in [9.17, 15) is 13.2 Å². The van der Waals surface area contributed by atoms with Crippen molar-refractivity contribution in [2.45, 2.75) is 23.8 Å². The van der Waals surface area contributed by atoms with Crippen LogP contribution in [0.4, 0.5) is 13.2 Å². The minimum absolute atomic E-state index is 0.219. The second-order valence-corrected chi connectivity index (χ2v) is 9.58. The molecule has 0 saturated heterocycles. The average molecular weight is 531 g/mol. The summed E-state index contributed by atoms with van der Waals surface area (Å²) in [4.78, 5) is 0. The maximum atomic E-state index is 12.9. The third-order valence-electron chi connectivity index (χ3n) is 6.25. The van der Waals surface area contributed by atoms with Gasteiger partial charge in [0.2, 0.25) is 0 Å². The first-order valence-electron chi connectivity index (χ1n) is 11.9. The minimum atomic E-state index is -4.76. The summed E-state index contributed by atoms with van der Waals surface area (Å²) in [7, 11) is 0. The van der Waals surface area contributed by atoms with Crippen molar-refractivity contribution in [2.24, 2.45) is 0 Å². The van der Waals surface area contributed by atoms with Crippen LogP contribution in [0.5, 0.6) is 5.75 Å². The largest absolute Gasteiger partial charge is 0.573 e. The van der Waals surface area contributed by atoms with Crippen molar-refractivity contribution < 1.29 is 17.9 Å². The van der Waals surface area contributed by atoms with E-state index in [4.69, 9.17) is 0 Å². The first-order chi connectivity index (χ1) is 18.5. The maximum absolute atomic E-state index is 12.9. The molecular formula is C29H21F3N4OS. The lowest BCUT2D eigenvalue weighted by atomic mass is 10.2. The van der Waals surface area contributed by atoms with E-state index in [1.54, 1.807) is 12.1 Å². The predicted molar refractivity (Wildman–Crippen MR) is 143 cm³/mol. The molecule has 0 spiro atoms. The number of nitrogens with zero attached hydrogens (tertiary/aromatic N) is 4. The Morgan fingerprint density at radius 3 is 2.00 bits per heavy atom. The zero-order valence-corrected chi connectivity index (χ0v) is 20.8. The fourth-order valence-electron chi connectivity index (χ4n) is 4.64. The Kier molecular flexibility index (Phi) is 6.29. The van der Waals surface area contributed by atoms with Gasteiger partial charge in [0, 0.05) is 38.8 Å². The van der Waals surface area contributed by atoms with E-state index in [0.29, 0.717) is 23.1 Å². The van der Waals surface area contributed by atoms with Gasteiger partial charge in [0.05, 0.1) is 6.54 Å². The summed E-state index contributed by atoms with van der Waals surface area (Å²) in [5, 5.41) is 11.9. The van der Waals surface area contributed by atoms with Gasteiger partial charge in [0.1, 0.15) is 5.75 Å². The quantitative estimate of drug-likeness (QED) is 0.199. The normalized spacial score (nSPS) is 11.9. The van der Waals surface area contributed by atoms with Crippen LogP contribution in [0, 0.1) is 0 Å². The summed E-state index contributed by atoms with van der Waals surface area (Å²) >= 11 is 1.31. The summed E-state index contributed by atoms with van der Waals surface area (Å²) in [6, 6.07) is 32.3. The molecule has 0 unspecified atom stereocenters. The average Bonchev–Trinajstić information content (AvgIpc) is 3.47. The van der Waals surface area contributed by atoms with E-state index in [1.807, 2.05) is 59.2 Å². The molecule has 0 radical (unpaired) electrons. The van der Waals surface area contributed by atoms with Gasteiger partial charge in [-0.3, -0.25) is 4.57 Å². The molecular weight excluding hydrogens is 509 g/mol. The molecule has 0 aliphatic heterocycles. The first-order valence-corrected chi connectivity index (χ1v) is 12.9. The first kappa shape index (κ1) is 24.1. The summed E-state index contributed by atoms with van der Waals surface area (Å²) in [5.41, 5.74) is 3.46. The Labute approximate surface area is 220 Å². The third kappa shape index (κ3) is 4.72. The molecule has 0 amide bonds. The predicted octanol–water partition coefficient (Wildman–Crippen LogP) is 7.61. The van der Waals surface area contributed by atoms with Crippen LogP contribution < -0.4 is 4.74 Å². The van der Waals surface area contributed by atoms with Gasteiger partial charge in [0.25, 0.3) is 0 Å². The lowest BCUT2D eigenvalue weighted by molar-refractivity contribution is -0.274. The van der Waals surface area contributed by atoms with Gasteiger partial charge in [-0.05, 0) is 30.3 Å². The van der Waals surface area contributed by atoms with Crippen LogP contribution in [0.25, 0.3) is 27.5 Å². The number of hydrogen-bond acceptors (Lipinski definition) is 4. The van der Waals surface area contributed by atoms with Crippen LogP contribution in [0.15, 0.2) is 108 Å². The zero-order chi connectivity index (χ0) is 26.1. The highest BCUT2D eigenvalue weighted by Crippen LogP contribution is 2.33. The standard InChI is InChI=1S/C29H21F3N4OS/c30-29(31,32)37-26-17-9-4-10-20(26)19-38-28-34-33-27(36(28)21-11-2-1-3-12-21)18-35-24-15-7-5-13-22(24)23-14-6-8-16-25(23)35/h1-17H,18-19H2. The van der Waals surface area contributed by atoms with Crippen molar-refractivity contribution in [3.05, 3.63) is 115 Å². The molecule has 2 aromatic heterocycles. The van der Waals surface area contributed by atoms with Crippen LogP contribution in [-0.2, 0) is 12.3 Å². The van der Waals surface area contributed by atoms with Crippen molar-refractivity contribution in [1.82, 2.24) is 19.3 Å². The number of para-hydroxylation sites is 4. The summed E-state index contributed by atoms with van der Waals surface area (Å²) < 4.78 is 47.2. The van der Waals surface area contributed by atoms with Gasteiger partial charge in [0.15, 0.2) is 11.0 Å². The number of thioether (sulfide) groups is 1. The van der Waals surface area contributed by atoms with Crippen molar-refractivity contribution in [2.75, 3.05) is 0 Å². The van der Waals surface area contributed by atoms with E-state index in [1.165, 1.54) is 23.9 Å². The maximum Gasteiger partial charge on any atom is 0.573 e. The van der Waals surface area contributed by atoms with Crippen LogP contribution in [0.2, 0.25) is 0 Å². The lowest BCUT2D eigenvalue weighted by Gasteiger charge is -2.14. The van der Waals surface area contributed by atoms with Crippen LogP contribution in [0.1, 0.15) is 11.4 Å². The highest BCUT2D eigenvalue weighted by Gasteiger charge is 2.32. The zero-order valence-electron chi connectivity index (χ0n) is 20.0. The van der Waals surface area contributed by atoms with Gasteiger partial charge < -0.3 is 9.30 Å². The van der Waals surface area contributed by atoms with Crippen molar-refractivity contribution in [3.63, 3.8) is 0 Å². The Balaban J connectivity index is 1.39. The summed E-state index contributed by atoms with van der Waals surface area (Å²) in [6.07, 6.45) is -4.76. The highest BCUT2D eigenvalue weighted by atomic mass is 32.2. The number of alkyl halides is 3. The number of rotatable bonds is 7. The fraction of sp³-hybridized carbons (Fsp3) is 0.103. The lowest BCUT2D eigenvalue weighted by Crippen LogP contribution is -2.18. The molecule has 4 aromatic carbocycles. The van der Waals surface area contributed by atoms with E-state index < -0.39 is 6.36 Å². The molecule has 2 heterocycles. The van der Waals surface area contributed by atoms with Crippen LogP contribution in [-0.4, -0.2) is 25.7 Å². The molecule has 6 rings (SSSR count). The SMILES string of the molecule is FC(F)(F)Oc1ccccc1CSc1nnc(Cn2c3ccccc3c3ccccc32)n1-c1ccccc1. The second-order valence-electron chi connectivity index (χ2n) is 8.63. The summed E-state index contributed by atoms with van der Waals surface area (Å²) in [6.45, 7) is 0.463. The van der Waals surface area contributed by atoms with Gasteiger partial charge in [-0.25, -0.2) is 0 Å². The molecule has 0 N–H and O–H groups in total. The highest BCUT2D eigenvalue weighted by molar-refractivity contribution is 7.98. The van der Waals surface area contributed by atoms with Crippen LogP contribution >= 0.6 is 11.8 Å². The Hall–Kier alpha value is -4.24. The number of ether oxygens (including phenoxy) is 1. The monoisotopic (exact) mass is 530 g/mol. The molecule has 0 atom stereocenters. The van der Waals surface area contributed by atoms with E-state index >= 15 is 0 Å². The third-order valence-corrected chi connectivity index (χ3v) is 7.23. The molecule has 0 aliphatic rings. The molecule has 38 heavy (non-hydrogen) atoms. The van der Waals surface area contributed by atoms with Crippen molar-refractivity contribution in [3.8, 4) is 11.4 Å². The minimum Gasteiger partial charge on any atom is -0.405 e. The second kappa shape index (κ2) is 9.90. The molecule has 0 aliphatic carbocycles. The number of benzene rings is 4. The molecule has 5 nitrogen and oxygen atoms in total. The van der Waals surface area contributed by atoms with Gasteiger partial charge in [-0.15, -0.1) is 23.4 Å². The topological polar surface area (TPSA) is 44.9 Å². The molecule has 0 fully saturated rings. The molecule has 190 valence electrons. The molecule has 0 saturated carbocycles. The smallest absolute Gasteiger partial charge is 0.405 e.